The van der Waals surface area contributed by atoms with Gasteiger partial charge >= 0.3 is 0 Å². The van der Waals surface area contributed by atoms with Gasteiger partial charge in [-0.2, -0.15) is 0 Å². The quantitative estimate of drug-likeness (QED) is 0.509. The van der Waals surface area contributed by atoms with Crippen molar-refractivity contribution >= 4 is 38.8 Å². The van der Waals surface area contributed by atoms with E-state index in [1.807, 2.05) is 13.0 Å². The number of ether oxygens (including phenoxy) is 1. The molecule has 1 aromatic heterocycles. The van der Waals surface area contributed by atoms with E-state index in [4.69, 9.17) is 4.74 Å². The Morgan fingerprint density at radius 1 is 0.970 bits per heavy atom. The first-order chi connectivity index (χ1) is 15.8. The van der Waals surface area contributed by atoms with Crippen LogP contribution in [-0.4, -0.2) is 50.5 Å². The van der Waals surface area contributed by atoms with Crippen molar-refractivity contribution in [3.63, 3.8) is 0 Å². The number of benzene rings is 2. The van der Waals surface area contributed by atoms with Crippen molar-refractivity contribution in [2.75, 3.05) is 41.2 Å². The molecule has 172 valence electrons. The van der Waals surface area contributed by atoms with Crippen LogP contribution in [0.15, 0.2) is 59.5 Å². The van der Waals surface area contributed by atoms with Crippen LogP contribution in [0.4, 0.5) is 23.0 Å². The largest absolute Gasteiger partial charge is 0.378 e. The van der Waals surface area contributed by atoms with Gasteiger partial charge in [-0.25, -0.2) is 18.4 Å². The van der Waals surface area contributed by atoms with Crippen molar-refractivity contribution in [1.82, 2.24) is 9.97 Å². The van der Waals surface area contributed by atoms with Crippen LogP contribution in [0.2, 0.25) is 0 Å². The van der Waals surface area contributed by atoms with Crippen LogP contribution in [0.3, 0.4) is 0 Å². The third-order valence-corrected chi connectivity index (χ3v) is 6.54. The molecular formula is C23H25N5O4S. The van der Waals surface area contributed by atoms with Crippen LogP contribution in [0.25, 0.3) is 0 Å². The lowest BCUT2D eigenvalue weighted by Gasteiger charge is -2.28. The molecule has 10 heteroatoms. The molecule has 3 aromatic rings. The van der Waals surface area contributed by atoms with Gasteiger partial charge in [0.05, 0.1) is 18.1 Å². The van der Waals surface area contributed by atoms with E-state index < -0.39 is 10.0 Å². The minimum atomic E-state index is -3.77. The van der Waals surface area contributed by atoms with Gasteiger partial charge in [0.2, 0.25) is 0 Å². The maximum Gasteiger partial charge on any atom is 0.261 e. The number of rotatable bonds is 7. The molecule has 0 atom stereocenters. The maximum absolute atomic E-state index is 12.6. The number of nitrogens with one attached hydrogen (secondary N) is 2. The molecular weight excluding hydrogens is 442 g/mol. The third-order valence-electron chi connectivity index (χ3n) is 5.14. The molecule has 1 fully saturated rings. The lowest BCUT2D eigenvalue weighted by atomic mass is 10.2. The minimum Gasteiger partial charge on any atom is -0.378 e. The van der Waals surface area contributed by atoms with Crippen molar-refractivity contribution in [3.8, 4) is 0 Å². The summed E-state index contributed by atoms with van der Waals surface area (Å²) in [6, 6.07) is 14.6. The summed E-state index contributed by atoms with van der Waals surface area (Å²) in [4.78, 5) is 22.6. The van der Waals surface area contributed by atoms with Gasteiger partial charge in [-0.1, -0.05) is 12.1 Å². The molecule has 0 amide bonds. The molecule has 0 unspecified atom stereocenters. The molecule has 0 spiro atoms. The predicted molar refractivity (Wildman–Crippen MR) is 127 cm³/mol. The predicted octanol–water partition coefficient (Wildman–Crippen LogP) is 3.37. The summed E-state index contributed by atoms with van der Waals surface area (Å²) in [6.07, 6.45) is 0. The zero-order valence-corrected chi connectivity index (χ0v) is 19.2. The van der Waals surface area contributed by atoms with Crippen molar-refractivity contribution < 1.29 is 17.9 Å². The van der Waals surface area contributed by atoms with Gasteiger partial charge in [0, 0.05) is 36.1 Å². The molecule has 33 heavy (non-hydrogen) atoms. The summed E-state index contributed by atoms with van der Waals surface area (Å²) in [5.41, 5.74) is 1.64. The van der Waals surface area contributed by atoms with Gasteiger partial charge < -0.3 is 15.0 Å². The summed E-state index contributed by atoms with van der Waals surface area (Å²) in [5, 5.41) is 3.24. The Bertz CT molecular complexity index is 1240. The Morgan fingerprint density at radius 3 is 2.24 bits per heavy atom. The first-order valence-corrected chi connectivity index (χ1v) is 12.0. The van der Waals surface area contributed by atoms with Crippen molar-refractivity contribution in [2.45, 2.75) is 18.7 Å². The number of aromatic nitrogens is 2. The fourth-order valence-electron chi connectivity index (χ4n) is 3.42. The molecule has 1 aliphatic rings. The van der Waals surface area contributed by atoms with E-state index in [9.17, 15) is 13.2 Å². The molecule has 0 saturated carbocycles. The molecule has 9 nitrogen and oxygen atoms in total. The SMILES string of the molecule is CC(=O)c1ccc(S(=O)(=O)Nc2ccc(Nc3cc(N4CCOCC4)nc(C)n3)cc2)cc1. The average molecular weight is 468 g/mol. The summed E-state index contributed by atoms with van der Waals surface area (Å²) in [5.74, 6) is 2.03. The van der Waals surface area contributed by atoms with Gasteiger partial charge in [0.25, 0.3) is 10.0 Å². The van der Waals surface area contributed by atoms with Gasteiger partial charge in [-0.05, 0) is 50.2 Å². The van der Waals surface area contributed by atoms with E-state index in [1.54, 1.807) is 24.3 Å². The zero-order chi connectivity index (χ0) is 23.4. The van der Waals surface area contributed by atoms with E-state index in [2.05, 4.69) is 24.9 Å². The monoisotopic (exact) mass is 467 g/mol. The van der Waals surface area contributed by atoms with E-state index in [1.165, 1.54) is 31.2 Å². The second-order valence-corrected chi connectivity index (χ2v) is 9.33. The molecule has 0 aliphatic carbocycles. The summed E-state index contributed by atoms with van der Waals surface area (Å²) in [7, 11) is -3.77. The maximum atomic E-state index is 12.6. The standard InChI is InChI=1S/C23H25N5O4S/c1-16(29)18-3-9-21(10-4-18)33(30,31)27-20-7-5-19(6-8-20)26-22-15-23(25-17(2)24-22)28-11-13-32-14-12-28/h3-10,15,27H,11-14H2,1-2H3,(H,24,25,26). The highest BCUT2D eigenvalue weighted by Gasteiger charge is 2.16. The third kappa shape index (κ3) is 5.65. The van der Waals surface area contributed by atoms with E-state index in [0.717, 1.165) is 24.6 Å². The number of Topliss-reactive ketones (excluding diaryl/α,β-unsaturated/α-hetero) is 1. The molecule has 1 aliphatic heterocycles. The molecule has 0 bridgehead atoms. The van der Waals surface area contributed by atoms with E-state index in [-0.39, 0.29) is 10.7 Å². The van der Waals surface area contributed by atoms with Crippen LogP contribution in [0.1, 0.15) is 23.1 Å². The first kappa shape index (κ1) is 22.7. The minimum absolute atomic E-state index is 0.0850. The molecule has 2 aromatic carbocycles. The molecule has 4 rings (SSSR count). The molecule has 2 N–H and O–H groups in total. The van der Waals surface area contributed by atoms with Crippen LogP contribution < -0.4 is 14.9 Å². The second-order valence-electron chi connectivity index (χ2n) is 7.65. The van der Waals surface area contributed by atoms with Crippen molar-refractivity contribution in [3.05, 3.63) is 66.0 Å². The topological polar surface area (TPSA) is 114 Å². The fourth-order valence-corrected chi connectivity index (χ4v) is 4.48. The van der Waals surface area contributed by atoms with Gasteiger partial charge in [0.1, 0.15) is 17.5 Å². The first-order valence-electron chi connectivity index (χ1n) is 10.5. The fraction of sp³-hybridized carbons (Fsp3) is 0.261. The number of hydrogen-bond acceptors (Lipinski definition) is 8. The number of hydrogen-bond donors (Lipinski definition) is 2. The highest BCUT2D eigenvalue weighted by atomic mass is 32.2. The van der Waals surface area contributed by atoms with Crippen LogP contribution >= 0.6 is 0 Å². The Labute approximate surface area is 192 Å². The number of nitrogens with zero attached hydrogens (tertiary/aromatic N) is 3. The van der Waals surface area contributed by atoms with Crippen LogP contribution in [-0.2, 0) is 14.8 Å². The van der Waals surface area contributed by atoms with Crippen molar-refractivity contribution in [1.29, 1.82) is 0 Å². The highest BCUT2D eigenvalue weighted by Crippen LogP contribution is 2.23. The highest BCUT2D eigenvalue weighted by molar-refractivity contribution is 7.92. The lowest BCUT2D eigenvalue weighted by Crippen LogP contribution is -2.36. The Hall–Kier alpha value is -3.50. The van der Waals surface area contributed by atoms with Crippen LogP contribution in [0, 0.1) is 6.92 Å². The molecule has 2 heterocycles. The zero-order valence-electron chi connectivity index (χ0n) is 18.4. The average Bonchev–Trinajstić information content (AvgIpc) is 2.80. The van der Waals surface area contributed by atoms with Gasteiger partial charge in [0.15, 0.2) is 5.78 Å². The molecule has 1 saturated heterocycles. The van der Waals surface area contributed by atoms with E-state index in [0.29, 0.717) is 36.1 Å². The summed E-state index contributed by atoms with van der Waals surface area (Å²) < 4.78 is 33.2. The van der Waals surface area contributed by atoms with E-state index >= 15 is 0 Å². The Morgan fingerprint density at radius 2 is 1.61 bits per heavy atom. The number of sulfonamides is 1. The summed E-state index contributed by atoms with van der Waals surface area (Å²) >= 11 is 0. The van der Waals surface area contributed by atoms with Gasteiger partial charge in [-0.3, -0.25) is 9.52 Å². The Balaban J connectivity index is 1.45. The number of morpholine rings is 1. The van der Waals surface area contributed by atoms with Gasteiger partial charge in [-0.15, -0.1) is 0 Å². The lowest BCUT2D eigenvalue weighted by molar-refractivity contribution is 0.101. The number of ketones is 1. The number of anilines is 4. The number of aryl methyl sites for hydroxylation is 1. The Kier molecular flexibility index (Phi) is 6.57. The number of carbonyl (C=O) groups excluding carboxylic acids is 1. The number of carbonyl (C=O) groups is 1. The second kappa shape index (κ2) is 9.55. The summed E-state index contributed by atoms with van der Waals surface area (Å²) in [6.45, 7) is 6.18. The van der Waals surface area contributed by atoms with Crippen LogP contribution in [0.5, 0.6) is 0 Å². The van der Waals surface area contributed by atoms with Crippen molar-refractivity contribution in [2.24, 2.45) is 0 Å². The normalized spacial score (nSPS) is 14.1. The smallest absolute Gasteiger partial charge is 0.261 e. The molecule has 0 radical (unpaired) electrons.